The van der Waals surface area contributed by atoms with E-state index in [1.807, 2.05) is 0 Å². The normalized spacial score (nSPS) is 17.3. The number of hydrogen-bond acceptors (Lipinski definition) is 0. The van der Waals surface area contributed by atoms with E-state index in [1.165, 1.54) is 9.13 Å². The average Bonchev–Trinajstić information content (AvgIpc) is 2.65. The Hall–Kier alpha value is -7.62. The maximum Gasteiger partial charge on any atom is 0.0645 e. The second kappa shape index (κ2) is 12.5. The zero-order valence-electron chi connectivity index (χ0n) is 51.3. The molecular weight excluding hydrogens is 691 g/mol. The van der Waals surface area contributed by atoms with Gasteiger partial charge in [-0.15, -0.1) is 0 Å². The molecule has 3 nitrogen and oxygen atoms in total. The molecule has 0 saturated heterocycles. The second-order valence-corrected chi connectivity index (χ2v) is 13.2. The van der Waals surface area contributed by atoms with Gasteiger partial charge in [-0.05, 0) is 101 Å². The van der Waals surface area contributed by atoms with Crippen molar-refractivity contribution in [3.05, 3.63) is 212 Å². The smallest absolute Gasteiger partial charge is 0.0645 e. The average molecular weight is 748 g/mol. The SMILES string of the molecule is [2H]c1ccc(-c2ccc(-n3c4c([2H])c([2H])c([2H])c([2H])c4c4c([2H])c(-c5c([2H])c([2H])c6c(c5[2H])c5c([2H])c([2H])c([2H])c([2H])c5n6-c5c([2H])c([2H])c([2H])c6c5c5c([2H])c([2H])c([2H])c([2H])c5n6-c5ccccc5)c([2H])c([2H])c43)cc2)cc1. The molecule has 266 valence electrons. The number of rotatable bonds is 5. The van der Waals surface area contributed by atoms with Gasteiger partial charge in [0.1, 0.15) is 0 Å². The van der Waals surface area contributed by atoms with Crippen molar-refractivity contribution in [3.8, 4) is 39.3 Å². The third kappa shape index (κ3) is 4.79. The molecule has 0 aliphatic carbocycles. The predicted molar refractivity (Wildman–Crippen MR) is 240 cm³/mol. The summed E-state index contributed by atoms with van der Waals surface area (Å²) in [6, 6.07) is 6.70. The van der Waals surface area contributed by atoms with Crippen molar-refractivity contribution in [2.45, 2.75) is 0 Å². The molecule has 0 aliphatic rings. The summed E-state index contributed by atoms with van der Waals surface area (Å²) in [5, 5.41) is -1.99. The van der Waals surface area contributed by atoms with Gasteiger partial charge < -0.3 is 13.7 Å². The minimum Gasteiger partial charge on any atom is -0.309 e. The zero-order chi connectivity index (χ0) is 56.6. The Kier molecular flexibility index (Phi) is 3.72. The van der Waals surface area contributed by atoms with E-state index in [0.29, 0.717) is 11.6 Å². The summed E-state index contributed by atoms with van der Waals surface area (Å²) in [5.41, 5.74) is -1.54. The summed E-state index contributed by atoms with van der Waals surface area (Å²) in [6.07, 6.45) is 0. The van der Waals surface area contributed by atoms with Crippen LogP contribution in [0.5, 0.6) is 0 Å². The van der Waals surface area contributed by atoms with Gasteiger partial charge in [0.05, 0.1) is 68.9 Å². The van der Waals surface area contributed by atoms with Gasteiger partial charge in [0.15, 0.2) is 0 Å². The van der Waals surface area contributed by atoms with Crippen molar-refractivity contribution >= 4 is 65.4 Å². The first-order valence-corrected chi connectivity index (χ1v) is 17.8. The molecule has 9 aromatic carbocycles. The van der Waals surface area contributed by atoms with E-state index < -0.39 is 166 Å². The van der Waals surface area contributed by atoms with Crippen molar-refractivity contribution in [1.82, 2.24) is 13.7 Å². The molecule has 3 heterocycles. The number of benzene rings is 9. The number of fused-ring (bicyclic) bond motifs is 9. The molecule has 0 atom stereocenters. The highest BCUT2D eigenvalue weighted by atomic mass is 15.0. The Morgan fingerprint density at radius 1 is 0.298 bits per heavy atom. The molecule has 0 spiro atoms. The Morgan fingerprint density at radius 3 is 1.46 bits per heavy atom. The predicted octanol–water partition coefficient (Wildman–Crippen LogP) is 14.3. The lowest BCUT2D eigenvalue weighted by molar-refractivity contribution is 1.17. The van der Waals surface area contributed by atoms with E-state index in [9.17, 15) is 19.2 Å². The first-order valence-electron chi connectivity index (χ1n) is 28.8. The summed E-state index contributed by atoms with van der Waals surface area (Å²) in [6.45, 7) is 0. The first-order chi connectivity index (χ1) is 37.5. The van der Waals surface area contributed by atoms with Crippen LogP contribution in [0.2, 0.25) is 0 Å². The van der Waals surface area contributed by atoms with E-state index in [0.717, 1.165) is 10.1 Å². The summed E-state index contributed by atoms with van der Waals surface area (Å²) in [4.78, 5) is 0. The van der Waals surface area contributed by atoms with E-state index in [4.69, 9.17) is 11.0 Å². The van der Waals surface area contributed by atoms with E-state index in [-0.39, 0.29) is 55.0 Å². The minimum atomic E-state index is -0.892. The van der Waals surface area contributed by atoms with Crippen molar-refractivity contribution in [2.24, 2.45) is 0 Å². The molecule has 0 unspecified atom stereocenters. The first kappa shape index (κ1) is 17.0. The maximum absolute atomic E-state index is 10.1. The maximum atomic E-state index is 10.1. The molecule has 0 aliphatic heterocycles. The Balaban J connectivity index is 1.25. The third-order valence-corrected chi connectivity index (χ3v) is 10.2. The van der Waals surface area contributed by atoms with E-state index >= 15 is 0 Å². The number of aromatic nitrogens is 3. The van der Waals surface area contributed by atoms with Crippen LogP contribution in [-0.2, 0) is 0 Å². The van der Waals surface area contributed by atoms with Crippen molar-refractivity contribution in [1.29, 1.82) is 0 Å². The van der Waals surface area contributed by atoms with Gasteiger partial charge in [0, 0.05) is 43.7 Å². The summed E-state index contributed by atoms with van der Waals surface area (Å²) in [7, 11) is 0. The van der Waals surface area contributed by atoms with Gasteiger partial charge in [0.25, 0.3) is 0 Å². The highest BCUT2D eigenvalue weighted by Gasteiger charge is 2.20. The largest absolute Gasteiger partial charge is 0.309 e. The lowest BCUT2D eigenvalue weighted by atomic mass is 10.0. The van der Waals surface area contributed by atoms with Crippen molar-refractivity contribution < 1.29 is 30.2 Å². The van der Waals surface area contributed by atoms with Crippen molar-refractivity contribution in [3.63, 3.8) is 0 Å². The molecule has 0 N–H and O–H groups in total. The summed E-state index contributed by atoms with van der Waals surface area (Å²) >= 11 is 0. The van der Waals surface area contributed by atoms with Crippen LogP contribution in [0, 0.1) is 0 Å². The Morgan fingerprint density at radius 2 is 0.789 bits per heavy atom. The minimum absolute atomic E-state index is 0.165. The van der Waals surface area contributed by atoms with Gasteiger partial charge in [-0.3, -0.25) is 0 Å². The second-order valence-electron chi connectivity index (χ2n) is 13.2. The lowest BCUT2D eigenvalue weighted by Gasteiger charge is -2.12. The monoisotopic (exact) mass is 747 g/mol. The van der Waals surface area contributed by atoms with Gasteiger partial charge in [-0.2, -0.15) is 0 Å². The van der Waals surface area contributed by atoms with Gasteiger partial charge in [-0.1, -0.05) is 133 Å². The molecule has 57 heavy (non-hydrogen) atoms. The number of hydrogen-bond donors (Lipinski definition) is 0. The van der Waals surface area contributed by atoms with Gasteiger partial charge in [0.2, 0.25) is 0 Å². The quantitative estimate of drug-likeness (QED) is 0.167. The number of para-hydroxylation sites is 4. The number of nitrogens with zero attached hydrogens (tertiary/aromatic N) is 3. The molecule has 3 aromatic heterocycles. The molecule has 0 amide bonds. The van der Waals surface area contributed by atoms with Crippen molar-refractivity contribution in [2.75, 3.05) is 0 Å². The summed E-state index contributed by atoms with van der Waals surface area (Å²) in [5.74, 6) is 0. The molecule has 12 aromatic rings. The topological polar surface area (TPSA) is 14.8 Å². The van der Waals surface area contributed by atoms with Crippen LogP contribution in [-0.4, -0.2) is 13.7 Å². The fourth-order valence-corrected chi connectivity index (χ4v) is 7.70. The Bertz CT molecular complexity index is 4770. The van der Waals surface area contributed by atoms with Crippen LogP contribution in [0.15, 0.2) is 212 Å². The lowest BCUT2D eigenvalue weighted by Crippen LogP contribution is -1.96. The molecule has 0 radical (unpaired) electrons. The third-order valence-electron chi connectivity index (χ3n) is 10.2. The highest BCUT2D eigenvalue weighted by molar-refractivity contribution is 6.17. The summed E-state index contributed by atoms with van der Waals surface area (Å²) < 4.78 is 207. The standard InChI is InChI=1S/C54H35N3/c1-3-14-36(15-4-1)37-26-30-41(31-27-37)55-47-21-10-7-18-42(47)45-34-38(28-32-50(45)55)39-29-33-51-46(35-39)43-19-8-11-22-48(43)57(51)53-25-13-24-52-54(53)44-20-9-12-23-49(44)56(52)40-16-5-2-6-17-40/h1-35H/i1D,7D,8D,9D,10D,11D,12D,13D,18D,19D,20D,21D,22D,23D,24D,25D,28D,29D,32D,33D,34D,35D. The molecule has 0 saturated carbocycles. The highest BCUT2D eigenvalue weighted by Crippen LogP contribution is 2.42. The molecule has 0 bridgehead atoms. The fourth-order valence-electron chi connectivity index (χ4n) is 7.70. The van der Waals surface area contributed by atoms with Gasteiger partial charge >= 0.3 is 0 Å². The van der Waals surface area contributed by atoms with E-state index in [2.05, 4.69) is 0 Å². The van der Waals surface area contributed by atoms with E-state index in [1.54, 1.807) is 78.9 Å². The van der Waals surface area contributed by atoms with Gasteiger partial charge in [-0.25, -0.2) is 0 Å². The zero-order valence-corrected chi connectivity index (χ0v) is 29.3. The van der Waals surface area contributed by atoms with Crippen LogP contribution in [0.1, 0.15) is 30.2 Å². The fraction of sp³-hybridized carbons (Fsp3) is 0. The van der Waals surface area contributed by atoms with Crippen LogP contribution < -0.4 is 0 Å². The van der Waals surface area contributed by atoms with Crippen LogP contribution >= 0.6 is 0 Å². The Labute approximate surface area is 360 Å². The van der Waals surface area contributed by atoms with Crippen LogP contribution in [0.4, 0.5) is 0 Å². The molecule has 0 fully saturated rings. The molecular formula is C54H35N3. The molecule has 3 heteroatoms. The van der Waals surface area contributed by atoms with Crippen LogP contribution in [0.3, 0.4) is 0 Å². The van der Waals surface area contributed by atoms with Crippen LogP contribution in [0.25, 0.3) is 105 Å². The molecule has 12 rings (SSSR count).